The van der Waals surface area contributed by atoms with Crippen LogP contribution in [0.1, 0.15) is 30.5 Å². The van der Waals surface area contributed by atoms with Crippen molar-refractivity contribution >= 4 is 22.8 Å². The third-order valence-electron chi connectivity index (χ3n) is 3.87. The molecule has 1 aromatic heterocycles. The average molecular weight is 303 g/mol. The molecule has 5 heteroatoms. The summed E-state index contributed by atoms with van der Waals surface area (Å²) < 4.78 is 5.49. The molecule has 2 aromatic rings. The highest BCUT2D eigenvalue weighted by Crippen LogP contribution is 2.25. The number of nitrogens with one attached hydrogen (secondary N) is 1. The summed E-state index contributed by atoms with van der Waals surface area (Å²) in [7, 11) is 0. The molecule has 0 spiro atoms. The molecular formula is C17H21NO4. The number of carboxylic acids is 1. The van der Waals surface area contributed by atoms with Crippen LogP contribution in [-0.2, 0) is 16.0 Å². The predicted molar refractivity (Wildman–Crippen MR) is 83.8 cm³/mol. The van der Waals surface area contributed by atoms with Crippen molar-refractivity contribution < 1.29 is 19.1 Å². The maximum Gasteiger partial charge on any atom is 0.326 e. The molecule has 0 saturated heterocycles. The van der Waals surface area contributed by atoms with Gasteiger partial charge >= 0.3 is 5.97 Å². The summed E-state index contributed by atoms with van der Waals surface area (Å²) in [4.78, 5) is 23.2. The maximum absolute atomic E-state index is 12.1. The standard InChI is InChI=1S/C17H21NO4/c1-9(2)16(17(20)21)18-15(19)7-12-8-22-14-6-11(4)10(3)5-13(12)14/h5-6,8-9,16H,7H2,1-4H3,(H,18,19)(H,20,21)/t16-/m0/s1. The van der Waals surface area contributed by atoms with E-state index in [-0.39, 0.29) is 18.2 Å². The van der Waals surface area contributed by atoms with E-state index in [0.717, 1.165) is 27.7 Å². The van der Waals surface area contributed by atoms with Crippen LogP contribution in [0.5, 0.6) is 0 Å². The summed E-state index contributed by atoms with van der Waals surface area (Å²) in [6, 6.07) is 3.06. The first-order valence-corrected chi connectivity index (χ1v) is 7.29. The van der Waals surface area contributed by atoms with Crippen LogP contribution in [0.3, 0.4) is 0 Å². The Balaban J connectivity index is 2.18. The van der Waals surface area contributed by atoms with Crippen molar-refractivity contribution in [3.63, 3.8) is 0 Å². The fourth-order valence-corrected chi connectivity index (χ4v) is 2.38. The van der Waals surface area contributed by atoms with Crippen LogP contribution in [0.15, 0.2) is 22.8 Å². The summed E-state index contributed by atoms with van der Waals surface area (Å²) in [5.41, 5.74) is 3.76. The Morgan fingerprint density at radius 3 is 2.45 bits per heavy atom. The SMILES string of the molecule is Cc1cc2occ(CC(=O)N[C@H](C(=O)O)C(C)C)c2cc1C. The lowest BCUT2D eigenvalue weighted by atomic mass is 10.0. The highest BCUT2D eigenvalue weighted by Gasteiger charge is 2.23. The van der Waals surface area contributed by atoms with Gasteiger partial charge in [0.25, 0.3) is 0 Å². The molecule has 0 saturated carbocycles. The molecule has 1 atom stereocenters. The van der Waals surface area contributed by atoms with Crippen LogP contribution in [0.25, 0.3) is 11.0 Å². The highest BCUT2D eigenvalue weighted by molar-refractivity contribution is 5.90. The number of carboxylic acid groups (broad SMARTS) is 1. The number of furan rings is 1. The van der Waals surface area contributed by atoms with Gasteiger partial charge in [0.1, 0.15) is 11.6 Å². The van der Waals surface area contributed by atoms with E-state index in [1.54, 1.807) is 20.1 Å². The van der Waals surface area contributed by atoms with E-state index in [4.69, 9.17) is 9.52 Å². The quantitative estimate of drug-likeness (QED) is 0.890. The van der Waals surface area contributed by atoms with Gasteiger partial charge in [0.15, 0.2) is 0 Å². The van der Waals surface area contributed by atoms with Gasteiger partial charge in [-0.15, -0.1) is 0 Å². The van der Waals surface area contributed by atoms with Crippen molar-refractivity contribution in [2.45, 2.75) is 40.2 Å². The molecule has 0 aliphatic rings. The first-order valence-electron chi connectivity index (χ1n) is 7.29. The van der Waals surface area contributed by atoms with E-state index in [9.17, 15) is 9.59 Å². The molecule has 1 aromatic carbocycles. The smallest absolute Gasteiger partial charge is 0.326 e. The number of amides is 1. The van der Waals surface area contributed by atoms with Gasteiger partial charge in [-0.05, 0) is 43.0 Å². The lowest BCUT2D eigenvalue weighted by Gasteiger charge is -2.17. The first kappa shape index (κ1) is 16.1. The molecule has 0 radical (unpaired) electrons. The Hall–Kier alpha value is -2.30. The normalized spacial score (nSPS) is 12.6. The number of rotatable bonds is 5. The van der Waals surface area contributed by atoms with Crippen molar-refractivity contribution in [3.05, 3.63) is 35.1 Å². The number of carbonyl (C=O) groups excluding carboxylic acids is 1. The lowest BCUT2D eigenvalue weighted by molar-refractivity contribution is -0.143. The number of hydrogen-bond donors (Lipinski definition) is 2. The molecule has 0 fully saturated rings. The summed E-state index contributed by atoms with van der Waals surface area (Å²) in [6.45, 7) is 7.53. The van der Waals surface area contributed by atoms with Crippen molar-refractivity contribution in [2.24, 2.45) is 5.92 Å². The van der Waals surface area contributed by atoms with Gasteiger partial charge in [-0.25, -0.2) is 4.79 Å². The summed E-state index contributed by atoms with van der Waals surface area (Å²) in [5, 5.41) is 12.6. The minimum Gasteiger partial charge on any atom is -0.480 e. The maximum atomic E-state index is 12.1. The molecule has 0 aliphatic carbocycles. The van der Waals surface area contributed by atoms with E-state index in [0.29, 0.717) is 0 Å². The van der Waals surface area contributed by atoms with Crippen molar-refractivity contribution in [3.8, 4) is 0 Å². The second-order valence-electron chi connectivity index (χ2n) is 6.00. The third kappa shape index (κ3) is 3.30. The monoisotopic (exact) mass is 303 g/mol. The zero-order chi connectivity index (χ0) is 16.4. The third-order valence-corrected chi connectivity index (χ3v) is 3.87. The number of hydrogen-bond acceptors (Lipinski definition) is 3. The molecule has 5 nitrogen and oxygen atoms in total. The van der Waals surface area contributed by atoms with E-state index in [2.05, 4.69) is 5.32 Å². The van der Waals surface area contributed by atoms with Gasteiger partial charge in [-0.3, -0.25) is 4.79 Å². The van der Waals surface area contributed by atoms with Gasteiger partial charge in [-0.1, -0.05) is 13.8 Å². The molecule has 1 amide bonds. The van der Waals surface area contributed by atoms with Gasteiger partial charge < -0.3 is 14.8 Å². The Bertz CT molecular complexity index is 715. The van der Waals surface area contributed by atoms with Gasteiger partial charge in [0, 0.05) is 10.9 Å². The summed E-state index contributed by atoms with van der Waals surface area (Å²) in [5.74, 6) is -1.51. The zero-order valence-corrected chi connectivity index (χ0v) is 13.3. The fraction of sp³-hybridized carbons (Fsp3) is 0.412. The summed E-state index contributed by atoms with van der Waals surface area (Å²) >= 11 is 0. The summed E-state index contributed by atoms with van der Waals surface area (Å²) in [6.07, 6.45) is 1.67. The van der Waals surface area contributed by atoms with Crippen molar-refractivity contribution in [1.82, 2.24) is 5.32 Å². The molecule has 0 bridgehead atoms. The first-order chi connectivity index (χ1) is 10.3. The predicted octanol–water partition coefficient (Wildman–Crippen LogP) is 2.82. The van der Waals surface area contributed by atoms with Crippen molar-refractivity contribution in [1.29, 1.82) is 0 Å². The molecule has 118 valence electrons. The average Bonchev–Trinajstić information content (AvgIpc) is 2.78. The van der Waals surface area contributed by atoms with Crippen LogP contribution in [-0.4, -0.2) is 23.0 Å². The van der Waals surface area contributed by atoms with Crippen LogP contribution in [0.2, 0.25) is 0 Å². The van der Waals surface area contributed by atoms with Crippen LogP contribution in [0, 0.1) is 19.8 Å². The van der Waals surface area contributed by atoms with Gasteiger partial charge in [0.2, 0.25) is 5.91 Å². The molecule has 0 aliphatic heterocycles. The molecular weight excluding hydrogens is 282 g/mol. The second-order valence-corrected chi connectivity index (χ2v) is 6.00. The molecule has 1 heterocycles. The number of aliphatic carboxylic acids is 1. The van der Waals surface area contributed by atoms with Gasteiger partial charge in [-0.2, -0.15) is 0 Å². The fourth-order valence-electron chi connectivity index (χ4n) is 2.38. The van der Waals surface area contributed by atoms with Crippen LogP contribution in [0.4, 0.5) is 0 Å². The Labute approximate surface area is 129 Å². The largest absolute Gasteiger partial charge is 0.480 e. The minimum atomic E-state index is -1.02. The number of carbonyl (C=O) groups is 2. The van der Waals surface area contributed by atoms with E-state index in [1.165, 1.54) is 0 Å². The van der Waals surface area contributed by atoms with Crippen molar-refractivity contribution in [2.75, 3.05) is 0 Å². The Morgan fingerprint density at radius 2 is 1.86 bits per heavy atom. The number of aryl methyl sites for hydroxylation is 2. The van der Waals surface area contributed by atoms with E-state index >= 15 is 0 Å². The molecule has 0 unspecified atom stereocenters. The second kappa shape index (κ2) is 6.22. The number of benzene rings is 1. The van der Waals surface area contributed by atoms with Gasteiger partial charge in [0.05, 0.1) is 12.7 Å². The Morgan fingerprint density at radius 1 is 1.23 bits per heavy atom. The Kier molecular flexibility index (Phi) is 4.54. The lowest BCUT2D eigenvalue weighted by Crippen LogP contribution is -2.44. The van der Waals surface area contributed by atoms with Crippen LogP contribution < -0.4 is 5.32 Å². The zero-order valence-electron chi connectivity index (χ0n) is 13.3. The van der Waals surface area contributed by atoms with E-state index < -0.39 is 12.0 Å². The van der Waals surface area contributed by atoms with Crippen LogP contribution >= 0.6 is 0 Å². The molecule has 2 N–H and O–H groups in total. The highest BCUT2D eigenvalue weighted by atomic mass is 16.4. The minimum absolute atomic E-state index is 0.103. The molecule has 2 rings (SSSR count). The van der Waals surface area contributed by atoms with E-state index in [1.807, 2.05) is 26.0 Å². The number of fused-ring (bicyclic) bond motifs is 1. The molecule has 22 heavy (non-hydrogen) atoms. The topological polar surface area (TPSA) is 79.5 Å².